The zero-order valence-corrected chi connectivity index (χ0v) is 12.5. The minimum atomic E-state index is 0.118. The third-order valence-electron chi connectivity index (χ3n) is 3.73. The van der Waals surface area contributed by atoms with Crippen molar-refractivity contribution >= 4 is 11.6 Å². The van der Waals surface area contributed by atoms with Gasteiger partial charge in [-0.15, -0.1) is 0 Å². The molecular weight excluding hydrogens is 250 g/mol. The molecule has 4 nitrogen and oxygen atoms in total. The second-order valence-electron chi connectivity index (χ2n) is 5.37. The molecule has 2 rings (SSSR count). The SMILES string of the molecule is CCNC(=O)CCNCc1ccc2c(c1)CCCN2C. The van der Waals surface area contributed by atoms with Crippen molar-refractivity contribution in [2.75, 3.05) is 31.6 Å². The number of hydrogen-bond acceptors (Lipinski definition) is 3. The number of fused-ring (bicyclic) bond motifs is 1. The van der Waals surface area contributed by atoms with Gasteiger partial charge in [-0.1, -0.05) is 12.1 Å². The van der Waals surface area contributed by atoms with Crippen molar-refractivity contribution in [3.8, 4) is 0 Å². The minimum absolute atomic E-state index is 0.118. The van der Waals surface area contributed by atoms with Gasteiger partial charge in [0.25, 0.3) is 0 Å². The molecule has 1 amide bonds. The summed E-state index contributed by atoms with van der Waals surface area (Å²) in [5.74, 6) is 0.118. The number of anilines is 1. The summed E-state index contributed by atoms with van der Waals surface area (Å²) in [6.07, 6.45) is 2.95. The predicted molar refractivity (Wildman–Crippen MR) is 83.0 cm³/mol. The summed E-state index contributed by atoms with van der Waals surface area (Å²) in [6, 6.07) is 6.69. The third kappa shape index (κ3) is 3.97. The Morgan fingerprint density at radius 2 is 2.25 bits per heavy atom. The van der Waals surface area contributed by atoms with Crippen LogP contribution in [0.3, 0.4) is 0 Å². The van der Waals surface area contributed by atoms with Gasteiger partial charge in [0.15, 0.2) is 0 Å². The second kappa shape index (κ2) is 7.29. The van der Waals surface area contributed by atoms with Crippen molar-refractivity contribution in [2.24, 2.45) is 0 Å². The van der Waals surface area contributed by atoms with Gasteiger partial charge in [0.2, 0.25) is 5.91 Å². The fourth-order valence-corrected chi connectivity index (χ4v) is 2.67. The number of hydrogen-bond donors (Lipinski definition) is 2. The van der Waals surface area contributed by atoms with Gasteiger partial charge >= 0.3 is 0 Å². The molecule has 0 atom stereocenters. The van der Waals surface area contributed by atoms with E-state index in [2.05, 4.69) is 40.8 Å². The molecular formula is C16H25N3O. The highest BCUT2D eigenvalue weighted by molar-refractivity contribution is 5.75. The van der Waals surface area contributed by atoms with E-state index >= 15 is 0 Å². The summed E-state index contributed by atoms with van der Waals surface area (Å²) in [7, 11) is 2.16. The van der Waals surface area contributed by atoms with Gasteiger partial charge in [-0.3, -0.25) is 4.79 Å². The molecule has 1 aromatic carbocycles. The largest absolute Gasteiger partial charge is 0.374 e. The number of nitrogens with one attached hydrogen (secondary N) is 2. The average molecular weight is 275 g/mol. The second-order valence-corrected chi connectivity index (χ2v) is 5.37. The Bertz CT molecular complexity index is 459. The average Bonchev–Trinajstić information content (AvgIpc) is 2.44. The predicted octanol–water partition coefficient (Wildman–Crippen LogP) is 1.68. The molecule has 110 valence electrons. The number of nitrogens with zero attached hydrogens (tertiary/aromatic N) is 1. The van der Waals surface area contributed by atoms with E-state index in [0.717, 1.165) is 19.6 Å². The van der Waals surface area contributed by atoms with Crippen LogP contribution in [0.4, 0.5) is 5.69 Å². The minimum Gasteiger partial charge on any atom is -0.374 e. The van der Waals surface area contributed by atoms with Crippen molar-refractivity contribution in [3.63, 3.8) is 0 Å². The van der Waals surface area contributed by atoms with E-state index < -0.39 is 0 Å². The van der Waals surface area contributed by atoms with Gasteiger partial charge in [-0.2, -0.15) is 0 Å². The summed E-state index contributed by atoms with van der Waals surface area (Å²) >= 11 is 0. The molecule has 1 aliphatic rings. The smallest absolute Gasteiger partial charge is 0.221 e. The van der Waals surface area contributed by atoms with Crippen LogP contribution in [0.1, 0.15) is 30.9 Å². The topological polar surface area (TPSA) is 44.4 Å². The molecule has 4 heteroatoms. The standard InChI is InChI=1S/C16H25N3O/c1-3-18-16(20)8-9-17-12-13-6-7-15-14(11-13)5-4-10-19(15)2/h6-7,11,17H,3-5,8-10,12H2,1-2H3,(H,18,20). The van der Waals surface area contributed by atoms with Crippen LogP contribution in [0.2, 0.25) is 0 Å². The molecule has 0 saturated carbocycles. The van der Waals surface area contributed by atoms with Crippen molar-refractivity contribution in [3.05, 3.63) is 29.3 Å². The van der Waals surface area contributed by atoms with Gasteiger partial charge in [-0.05, 0) is 37.0 Å². The summed E-state index contributed by atoms with van der Waals surface area (Å²) in [4.78, 5) is 13.6. The van der Waals surface area contributed by atoms with E-state index in [1.807, 2.05) is 6.92 Å². The van der Waals surface area contributed by atoms with Crippen molar-refractivity contribution in [1.82, 2.24) is 10.6 Å². The van der Waals surface area contributed by atoms with Crippen molar-refractivity contribution in [2.45, 2.75) is 32.7 Å². The molecule has 0 aromatic heterocycles. The lowest BCUT2D eigenvalue weighted by molar-refractivity contribution is -0.120. The van der Waals surface area contributed by atoms with Crippen LogP contribution in [-0.2, 0) is 17.8 Å². The molecule has 1 aliphatic heterocycles. The molecule has 1 aromatic rings. The maximum atomic E-state index is 11.3. The summed E-state index contributed by atoms with van der Waals surface area (Å²) in [6.45, 7) is 5.35. The van der Waals surface area contributed by atoms with E-state index in [1.54, 1.807) is 0 Å². The first-order chi connectivity index (χ1) is 9.70. The molecule has 0 radical (unpaired) electrons. The number of carbonyl (C=O) groups excluding carboxylic acids is 1. The van der Waals surface area contributed by atoms with Crippen molar-refractivity contribution in [1.29, 1.82) is 0 Å². The van der Waals surface area contributed by atoms with Gasteiger partial charge in [0.05, 0.1) is 0 Å². The van der Waals surface area contributed by atoms with Gasteiger partial charge < -0.3 is 15.5 Å². The number of amides is 1. The zero-order valence-electron chi connectivity index (χ0n) is 12.5. The van der Waals surface area contributed by atoms with Crippen LogP contribution < -0.4 is 15.5 Å². The lowest BCUT2D eigenvalue weighted by Gasteiger charge is -2.27. The monoisotopic (exact) mass is 275 g/mol. The molecule has 1 heterocycles. The summed E-state index contributed by atoms with van der Waals surface area (Å²) in [5.41, 5.74) is 4.11. The van der Waals surface area contributed by atoms with E-state index in [9.17, 15) is 4.79 Å². The van der Waals surface area contributed by atoms with E-state index in [4.69, 9.17) is 0 Å². The quantitative estimate of drug-likeness (QED) is 0.777. The highest BCUT2D eigenvalue weighted by Crippen LogP contribution is 2.26. The van der Waals surface area contributed by atoms with E-state index in [0.29, 0.717) is 13.0 Å². The Morgan fingerprint density at radius 3 is 3.05 bits per heavy atom. The number of rotatable bonds is 6. The normalized spacial score (nSPS) is 14.0. The van der Waals surface area contributed by atoms with Crippen LogP contribution in [-0.4, -0.2) is 32.6 Å². The van der Waals surface area contributed by atoms with E-state index in [1.165, 1.54) is 29.7 Å². The molecule has 0 spiro atoms. The summed E-state index contributed by atoms with van der Waals surface area (Å²) in [5, 5.41) is 6.14. The van der Waals surface area contributed by atoms with Gasteiger partial charge in [0.1, 0.15) is 0 Å². The van der Waals surface area contributed by atoms with Crippen LogP contribution in [0.25, 0.3) is 0 Å². The Hall–Kier alpha value is -1.55. The number of carbonyl (C=O) groups is 1. The molecule has 0 unspecified atom stereocenters. The van der Waals surface area contributed by atoms with E-state index in [-0.39, 0.29) is 5.91 Å². The van der Waals surface area contributed by atoms with Crippen LogP contribution in [0.5, 0.6) is 0 Å². The highest BCUT2D eigenvalue weighted by atomic mass is 16.1. The molecule has 0 bridgehead atoms. The first-order valence-electron chi connectivity index (χ1n) is 7.51. The fraction of sp³-hybridized carbons (Fsp3) is 0.562. The fourth-order valence-electron chi connectivity index (χ4n) is 2.67. The van der Waals surface area contributed by atoms with Crippen LogP contribution in [0.15, 0.2) is 18.2 Å². The first kappa shape index (κ1) is 14.9. The lowest BCUT2D eigenvalue weighted by Crippen LogP contribution is -2.27. The Balaban J connectivity index is 1.81. The Labute approximate surface area is 121 Å². The highest BCUT2D eigenvalue weighted by Gasteiger charge is 2.13. The maximum Gasteiger partial charge on any atom is 0.221 e. The maximum absolute atomic E-state index is 11.3. The van der Waals surface area contributed by atoms with Crippen LogP contribution in [0, 0.1) is 0 Å². The number of aryl methyl sites for hydroxylation is 1. The van der Waals surface area contributed by atoms with Crippen molar-refractivity contribution < 1.29 is 4.79 Å². The Kier molecular flexibility index (Phi) is 5.41. The molecule has 2 N–H and O–H groups in total. The molecule has 20 heavy (non-hydrogen) atoms. The first-order valence-corrected chi connectivity index (χ1v) is 7.51. The molecule has 0 saturated heterocycles. The number of benzene rings is 1. The van der Waals surface area contributed by atoms with Gasteiger partial charge in [0, 0.05) is 45.3 Å². The zero-order chi connectivity index (χ0) is 14.4. The van der Waals surface area contributed by atoms with Crippen LogP contribution >= 0.6 is 0 Å². The Morgan fingerprint density at radius 1 is 1.40 bits per heavy atom. The van der Waals surface area contributed by atoms with Gasteiger partial charge in [-0.25, -0.2) is 0 Å². The third-order valence-corrected chi connectivity index (χ3v) is 3.73. The lowest BCUT2D eigenvalue weighted by atomic mass is 9.99. The summed E-state index contributed by atoms with van der Waals surface area (Å²) < 4.78 is 0. The molecule has 0 aliphatic carbocycles. The molecule has 0 fully saturated rings.